The molecule has 0 unspecified atom stereocenters. The molecule has 1 amide bonds. The number of esters is 1. The quantitative estimate of drug-likeness (QED) is 0.631. The molecule has 0 spiro atoms. The van der Waals surface area contributed by atoms with Gasteiger partial charge < -0.3 is 14.8 Å². The number of carbonyl (C=O) groups is 2. The molecule has 0 saturated heterocycles. The van der Waals surface area contributed by atoms with Crippen molar-refractivity contribution in [2.24, 2.45) is 0 Å². The topological polar surface area (TPSA) is 64.6 Å². The van der Waals surface area contributed by atoms with Crippen LogP contribution >= 0.6 is 34.8 Å². The number of rotatable bonds is 5. The van der Waals surface area contributed by atoms with E-state index in [-0.39, 0.29) is 17.4 Å². The Morgan fingerprint density at radius 3 is 2.45 bits per heavy atom. The number of anilines is 1. The van der Waals surface area contributed by atoms with E-state index in [2.05, 4.69) is 5.32 Å². The van der Waals surface area contributed by atoms with Gasteiger partial charge in [0.15, 0.2) is 0 Å². The number of methoxy groups -OCH3 is 1. The van der Waals surface area contributed by atoms with Gasteiger partial charge in [-0.15, -0.1) is 0 Å². The molecule has 1 rings (SSSR count). The molecule has 22 heavy (non-hydrogen) atoms. The first kappa shape index (κ1) is 18.9. The fourth-order valence-corrected chi connectivity index (χ4v) is 1.62. The van der Waals surface area contributed by atoms with Gasteiger partial charge in [0.25, 0.3) is 9.70 Å². The number of nitrogens with one attached hydrogen (secondary N) is 1. The Morgan fingerprint density at radius 2 is 1.95 bits per heavy atom. The maximum absolute atomic E-state index is 11.8. The highest BCUT2D eigenvalue weighted by Gasteiger charge is 2.31. The molecule has 5 nitrogen and oxygen atoms in total. The van der Waals surface area contributed by atoms with Crippen LogP contribution in [0.25, 0.3) is 0 Å². The van der Waals surface area contributed by atoms with Gasteiger partial charge in [0.05, 0.1) is 13.2 Å². The largest absolute Gasteiger partial charge is 0.490 e. The molecule has 1 atom stereocenters. The third kappa shape index (κ3) is 5.23. The van der Waals surface area contributed by atoms with E-state index in [9.17, 15) is 9.59 Å². The summed E-state index contributed by atoms with van der Waals surface area (Å²) in [4.78, 5) is 23.5. The number of hydrogen-bond donors (Lipinski definition) is 1. The summed E-state index contributed by atoms with van der Waals surface area (Å²) in [5, 5.41) is 2.40. The highest BCUT2D eigenvalue weighted by Crippen LogP contribution is 2.29. The first-order valence-corrected chi connectivity index (χ1v) is 7.59. The molecule has 8 heteroatoms. The van der Waals surface area contributed by atoms with E-state index in [0.717, 1.165) is 6.42 Å². The molecule has 0 aliphatic rings. The van der Waals surface area contributed by atoms with Crippen LogP contribution in [0.4, 0.5) is 5.69 Å². The van der Waals surface area contributed by atoms with Crippen molar-refractivity contribution in [2.45, 2.75) is 30.2 Å². The molecule has 1 aromatic carbocycles. The molecule has 0 radical (unpaired) electrons. The van der Waals surface area contributed by atoms with Crippen molar-refractivity contribution < 1.29 is 19.1 Å². The normalized spacial score (nSPS) is 12.5. The number of carbonyl (C=O) groups excluding carboxylic acids is 2. The van der Waals surface area contributed by atoms with E-state index in [4.69, 9.17) is 44.3 Å². The molecule has 0 aliphatic heterocycles. The molecule has 0 bridgehead atoms. The summed E-state index contributed by atoms with van der Waals surface area (Å²) >= 11 is 16.5. The fraction of sp³-hybridized carbons (Fsp3) is 0.429. The predicted octanol–water partition coefficient (Wildman–Crippen LogP) is 3.96. The van der Waals surface area contributed by atoms with Gasteiger partial charge in [-0.3, -0.25) is 4.79 Å². The van der Waals surface area contributed by atoms with Crippen LogP contribution in [0.2, 0.25) is 0 Å². The highest BCUT2D eigenvalue weighted by atomic mass is 35.6. The standard InChI is InChI=1S/C14H16Cl3NO4/c1-4-8(2)22-11-6-5-9(7-10(11)12(19)21-3)18-13(20)14(15,16)17/h5-8H,4H2,1-3H3,(H,18,20)/t8-/m1/s1. The fourth-order valence-electron chi connectivity index (χ4n) is 1.48. The SMILES string of the molecule is CC[C@@H](C)Oc1ccc(NC(=O)C(Cl)(Cl)Cl)cc1C(=O)OC. The predicted molar refractivity (Wildman–Crippen MR) is 87.1 cm³/mol. The Hall–Kier alpha value is -1.17. The number of halogens is 3. The summed E-state index contributed by atoms with van der Waals surface area (Å²) < 4.78 is 8.26. The van der Waals surface area contributed by atoms with E-state index >= 15 is 0 Å². The van der Waals surface area contributed by atoms with Crippen LogP contribution in [0.5, 0.6) is 5.75 Å². The molecular formula is C14H16Cl3NO4. The maximum Gasteiger partial charge on any atom is 0.341 e. The molecule has 122 valence electrons. The van der Waals surface area contributed by atoms with Crippen LogP contribution in [-0.2, 0) is 9.53 Å². The summed E-state index contributed by atoms with van der Waals surface area (Å²) in [6.45, 7) is 3.83. The number of amides is 1. The molecule has 0 aromatic heterocycles. The third-order valence-corrected chi connectivity index (χ3v) is 3.32. The molecule has 1 aromatic rings. The Labute approximate surface area is 143 Å². The van der Waals surface area contributed by atoms with E-state index in [0.29, 0.717) is 5.75 Å². The Balaban J connectivity index is 3.09. The van der Waals surface area contributed by atoms with Gasteiger partial charge in [0.1, 0.15) is 11.3 Å². The molecule has 1 N–H and O–H groups in total. The van der Waals surface area contributed by atoms with Gasteiger partial charge in [-0.05, 0) is 31.5 Å². The van der Waals surface area contributed by atoms with Crippen molar-refractivity contribution in [3.8, 4) is 5.75 Å². The zero-order chi connectivity index (χ0) is 16.9. The smallest absolute Gasteiger partial charge is 0.341 e. The lowest BCUT2D eigenvalue weighted by molar-refractivity contribution is -0.115. The summed E-state index contributed by atoms with van der Waals surface area (Å²) in [6, 6.07) is 4.49. The van der Waals surface area contributed by atoms with Crippen molar-refractivity contribution in [3.63, 3.8) is 0 Å². The van der Waals surface area contributed by atoms with Crippen LogP contribution in [-0.4, -0.2) is 28.9 Å². The van der Waals surface area contributed by atoms with E-state index in [1.807, 2.05) is 13.8 Å². The van der Waals surface area contributed by atoms with Crippen molar-refractivity contribution in [1.82, 2.24) is 0 Å². The van der Waals surface area contributed by atoms with Crippen molar-refractivity contribution in [3.05, 3.63) is 23.8 Å². The van der Waals surface area contributed by atoms with Gasteiger partial charge in [-0.25, -0.2) is 4.79 Å². The summed E-state index contributed by atoms with van der Waals surface area (Å²) in [5.74, 6) is -1.07. The summed E-state index contributed by atoms with van der Waals surface area (Å²) in [7, 11) is 1.25. The van der Waals surface area contributed by atoms with Crippen molar-refractivity contribution in [1.29, 1.82) is 0 Å². The molecule has 0 heterocycles. The van der Waals surface area contributed by atoms with Gasteiger partial charge >= 0.3 is 5.97 Å². The second kappa shape index (κ2) is 7.90. The third-order valence-electron chi connectivity index (χ3n) is 2.80. The van der Waals surface area contributed by atoms with Gasteiger partial charge in [0, 0.05) is 5.69 Å². The molecular weight excluding hydrogens is 353 g/mol. The summed E-state index contributed by atoms with van der Waals surface area (Å²) in [5.41, 5.74) is 0.457. The van der Waals surface area contributed by atoms with E-state index in [1.165, 1.54) is 13.2 Å². The van der Waals surface area contributed by atoms with Crippen molar-refractivity contribution >= 4 is 52.4 Å². The number of benzene rings is 1. The lowest BCUT2D eigenvalue weighted by Crippen LogP contribution is -2.27. The van der Waals surface area contributed by atoms with Gasteiger partial charge in [-0.2, -0.15) is 0 Å². The van der Waals surface area contributed by atoms with Crippen LogP contribution < -0.4 is 10.1 Å². The number of ether oxygens (including phenoxy) is 2. The minimum atomic E-state index is -2.10. The number of alkyl halides is 3. The average Bonchev–Trinajstić information content (AvgIpc) is 2.46. The van der Waals surface area contributed by atoms with E-state index < -0.39 is 15.7 Å². The first-order valence-electron chi connectivity index (χ1n) is 6.46. The minimum absolute atomic E-state index is 0.0787. The Morgan fingerprint density at radius 1 is 1.32 bits per heavy atom. The van der Waals surface area contributed by atoms with Gasteiger partial charge in [-0.1, -0.05) is 41.7 Å². The van der Waals surface area contributed by atoms with E-state index in [1.54, 1.807) is 12.1 Å². The summed E-state index contributed by atoms with van der Waals surface area (Å²) in [6.07, 6.45) is 0.692. The highest BCUT2D eigenvalue weighted by molar-refractivity contribution is 6.76. The zero-order valence-electron chi connectivity index (χ0n) is 12.3. The number of hydrogen-bond acceptors (Lipinski definition) is 4. The minimum Gasteiger partial charge on any atom is -0.490 e. The monoisotopic (exact) mass is 367 g/mol. The second-order valence-electron chi connectivity index (χ2n) is 4.49. The molecule has 0 saturated carbocycles. The lowest BCUT2D eigenvalue weighted by atomic mass is 10.1. The Kier molecular flexibility index (Phi) is 6.78. The molecule has 0 fully saturated rings. The van der Waals surface area contributed by atoms with Crippen molar-refractivity contribution in [2.75, 3.05) is 12.4 Å². The lowest BCUT2D eigenvalue weighted by Gasteiger charge is -2.17. The van der Waals surface area contributed by atoms with Crippen LogP contribution in [0.3, 0.4) is 0 Å². The first-order chi connectivity index (χ1) is 10.2. The van der Waals surface area contributed by atoms with Gasteiger partial charge in [0.2, 0.25) is 0 Å². The zero-order valence-corrected chi connectivity index (χ0v) is 14.6. The Bertz CT molecular complexity index is 558. The van der Waals surface area contributed by atoms with Crippen LogP contribution in [0, 0.1) is 0 Å². The average molecular weight is 369 g/mol. The van der Waals surface area contributed by atoms with Crippen LogP contribution in [0.1, 0.15) is 30.6 Å². The maximum atomic E-state index is 11.8. The second-order valence-corrected chi connectivity index (χ2v) is 6.77. The molecule has 0 aliphatic carbocycles. The van der Waals surface area contributed by atoms with Crippen LogP contribution in [0.15, 0.2) is 18.2 Å².